The molecule has 1 heterocycles. The van der Waals surface area contributed by atoms with Crippen LogP contribution in [0.3, 0.4) is 0 Å². The molecule has 0 spiro atoms. The number of hydrogen-bond acceptors (Lipinski definition) is 4. The summed E-state index contributed by atoms with van der Waals surface area (Å²) in [5.41, 5.74) is 2.81. The van der Waals surface area contributed by atoms with Crippen LogP contribution in [0.4, 0.5) is 8.78 Å². The monoisotopic (exact) mass is 325 g/mol. The average molecular weight is 325 g/mol. The van der Waals surface area contributed by atoms with Crippen molar-refractivity contribution in [1.82, 2.24) is 15.1 Å². The van der Waals surface area contributed by atoms with Crippen LogP contribution in [-0.4, -0.2) is 33.1 Å². The van der Waals surface area contributed by atoms with Crippen LogP contribution >= 0.6 is 0 Å². The van der Waals surface area contributed by atoms with Crippen molar-refractivity contribution in [3.05, 3.63) is 52.3 Å². The third-order valence-electron chi connectivity index (χ3n) is 3.80. The number of aryl methyl sites for hydroxylation is 1. The third-order valence-corrected chi connectivity index (χ3v) is 3.80. The van der Waals surface area contributed by atoms with Gasteiger partial charge in [0.05, 0.1) is 24.9 Å². The molecule has 1 aromatic carbocycles. The fraction of sp³-hybridized carbons (Fsp3) is 0.438. The Labute approximate surface area is 133 Å². The van der Waals surface area contributed by atoms with Crippen LogP contribution in [0.1, 0.15) is 28.6 Å². The third kappa shape index (κ3) is 4.13. The van der Waals surface area contributed by atoms with Crippen LogP contribution < -0.4 is 5.32 Å². The molecule has 0 bridgehead atoms. The van der Waals surface area contributed by atoms with Gasteiger partial charge in [-0.1, -0.05) is 6.07 Å². The number of nitrogens with zero attached hydrogens (tertiary/aromatic N) is 2. The predicted octanol–water partition coefficient (Wildman–Crippen LogP) is 1.59. The van der Waals surface area contributed by atoms with E-state index < -0.39 is 17.7 Å². The maximum absolute atomic E-state index is 13.6. The van der Waals surface area contributed by atoms with Crippen molar-refractivity contribution in [2.24, 2.45) is 0 Å². The van der Waals surface area contributed by atoms with Gasteiger partial charge in [0.1, 0.15) is 11.6 Å². The van der Waals surface area contributed by atoms with Gasteiger partial charge in [0, 0.05) is 36.0 Å². The van der Waals surface area contributed by atoms with E-state index in [0.29, 0.717) is 13.1 Å². The molecule has 7 heteroatoms. The highest BCUT2D eigenvalue weighted by Gasteiger charge is 2.15. The van der Waals surface area contributed by atoms with E-state index in [9.17, 15) is 13.9 Å². The van der Waals surface area contributed by atoms with E-state index in [2.05, 4.69) is 10.4 Å². The summed E-state index contributed by atoms with van der Waals surface area (Å²) in [5, 5.41) is 26.4. The van der Waals surface area contributed by atoms with Gasteiger partial charge in [0.2, 0.25) is 0 Å². The lowest BCUT2D eigenvalue weighted by Gasteiger charge is -2.13. The first-order chi connectivity index (χ1) is 10.9. The van der Waals surface area contributed by atoms with Crippen LogP contribution in [0.15, 0.2) is 18.2 Å². The Morgan fingerprint density at radius 1 is 1.30 bits per heavy atom. The van der Waals surface area contributed by atoms with Gasteiger partial charge in [-0.2, -0.15) is 5.10 Å². The minimum Gasteiger partial charge on any atom is -0.394 e. The second-order valence-corrected chi connectivity index (χ2v) is 5.41. The first-order valence-corrected chi connectivity index (χ1v) is 7.41. The molecular weight excluding hydrogens is 304 g/mol. The number of nitrogens with one attached hydrogen (secondary N) is 1. The second-order valence-electron chi connectivity index (χ2n) is 5.41. The highest BCUT2D eigenvalue weighted by molar-refractivity contribution is 5.25. The van der Waals surface area contributed by atoms with Crippen LogP contribution in [0.2, 0.25) is 0 Å². The lowest BCUT2D eigenvalue weighted by Crippen LogP contribution is -2.22. The summed E-state index contributed by atoms with van der Waals surface area (Å²) in [7, 11) is 0. The van der Waals surface area contributed by atoms with E-state index in [1.165, 1.54) is 6.07 Å². The number of hydrogen-bond donors (Lipinski definition) is 3. The van der Waals surface area contributed by atoms with E-state index in [0.717, 1.165) is 29.1 Å². The molecule has 1 atom stereocenters. The molecule has 2 rings (SSSR count). The lowest BCUT2D eigenvalue weighted by molar-refractivity contribution is 0.169. The summed E-state index contributed by atoms with van der Waals surface area (Å²) >= 11 is 0. The summed E-state index contributed by atoms with van der Waals surface area (Å²) in [6.45, 7) is 4.81. The average Bonchev–Trinajstić information content (AvgIpc) is 2.75. The first-order valence-electron chi connectivity index (χ1n) is 7.41. The van der Waals surface area contributed by atoms with Crippen molar-refractivity contribution < 1.29 is 19.0 Å². The number of aliphatic hydroxyl groups excluding tert-OH is 2. The lowest BCUT2D eigenvalue weighted by atomic mass is 10.1. The summed E-state index contributed by atoms with van der Waals surface area (Å²) in [5.74, 6) is -1.43. The molecule has 0 fully saturated rings. The zero-order chi connectivity index (χ0) is 17.0. The number of rotatable bonds is 7. The Balaban J connectivity index is 1.97. The largest absolute Gasteiger partial charge is 0.394 e. The van der Waals surface area contributed by atoms with Crippen LogP contribution in [0, 0.1) is 25.5 Å². The summed E-state index contributed by atoms with van der Waals surface area (Å²) < 4.78 is 28.2. The fourth-order valence-electron chi connectivity index (χ4n) is 2.52. The topological polar surface area (TPSA) is 70.3 Å². The van der Waals surface area contributed by atoms with E-state index in [1.54, 1.807) is 4.68 Å². The number of halogens is 2. The van der Waals surface area contributed by atoms with Gasteiger partial charge in [-0.05, 0) is 19.9 Å². The normalized spacial score (nSPS) is 12.6. The van der Waals surface area contributed by atoms with E-state index in [1.807, 2.05) is 13.8 Å². The van der Waals surface area contributed by atoms with Gasteiger partial charge in [0.15, 0.2) is 0 Å². The van der Waals surface area contributed by atoms with Crippen molar-refractivity contribution in [2.45, 2.75) is 33.0 Å². The van der Waals surface area contributed by atoms with Gasteiger partial charge in [-0.3, -0.25) is 4.68 Å². The summed E-state index contributed by atoms with van der Waals surface area (Å²) in [6, 6.07) is 3.12. The molecule has 1 unspecified atom stereocenters. The van der Waals surface area contributed by atoms with Gasteiger partial charge in [-0.15, -0.1) is 0 Å². The predicted molar refractivity (Wildman–Crippen MR) is 81.8 cm³/mol. The van der Waals surface area contributed by atoms with E-state index in [4.69, 9.17) is 5.11 Å². The van der Waals surface area contributed by atoms with Crippen molar-refractivity contribution in [3.63, 3.8) is 0 Å². The summed E-state index contributed by atoms with van der Waals surface area (Å²) in [4.78, 5) is 0. The van der Waals surface area contributed by atoms with Gasteiger partial charge in [-0.25, -0.2) is 8.78 Å². The van der Waals surface area contributed by atoms with E-state index in [-0.39, 0.29) is 18.7 Å². The molecule has 3 N–H and O–H groups in total. The quantitative estimate of drug-likeness (QED) is 0.723. The Kier molecular flexibility index (Phi) is 5.81. The Bertz CT molecular complexity index is 674. The van der Waals surface area contributed by atoms with Crippen LogP contribution in [-0.2, 0) is 13.1 Å². The second kappa shape index (κ2) is 7.63. The molecule has 0 aliphatic carbocycles. The molecule has 1 aromatic heterocycles. The number of aliphatic hydroxyl groups is 2. The van der Waals surface area contributed by atoms with Crippen molar-refractivity contribution in [1.29, 1.82) is 0 Å². The highest BCUT2D eigenvalue weighted by Crippen LogP contribution is 2.18. The highest BCUT2D eigenvalue weighted by atomic mass is 19.1. The van der Waals surface area contributed by atoms with Gasteiger partial charge in [0.25, 0.3) is 0 Å². The van der Waals surface area contributed by atoms with Gasteiger partial charge < -0.3 is 15.5 Å². The molecule has 0 saturated carbocycles. The Hall–Kier alpha value is -1.83. The van der Waals surface area contributed by atoms with Crippen molar-refractivity contribution in [2.75, 3.05) is 13.2 Å². The number of benzene rings is 1. The SMILES string of the molecule is Cc1nn(CCO)c(C)c1CNCC(O)c1ccc(F)cc1F. The maximum atomic E-state index is 13.6. The number of aromatic nitrogens is 2. The minimum absolute atomic E-state index is 0.0113. The molecule has 0 saturated heterocycles. The molecular formula is C16H21F2N3O2. The Morgan fingerprint density at radius 3 is 2.70 bits per heavy atom. The molecule has 23 heavy (non-hydrogen) atoms. The first kappa shape index (κ1) is 17.5. The smallest absolute Gasteiger partial charge is 0.131 e. The van der Waals surface area contributed by atoms with Crippen molar-refractivity contribution >= 4 is 0 Å². The summed E-state index contributed by atoms with van der Waals surface area (Å²) in [6.07, 6.45) is -1.07. The Morgan fingerprint density at radius 2 is 2.04 bits per heavy atom. The molecule has 5 nitrogen and oxygen atoms in total. The van der Waals surface area contributed by atoms with Crippen LogP contribution in [0.25, 0.3) is 0 Å². The minimum atomic E-state index is -1.07. The maximum Gasteiger partial charge on any atom is 0.131 e. The zero-order valence-electron chi connectivity index (χ0n) is 13.2. The molecule has 0 amide bonds. The molecule has 126 valence electrons. The zero-order valence-corrected chi connectivity index (χ0v) is 13.2. The standard InChI is InChI=1S/C16H21F2N3O2/c1-10-14(11(2)21(20-10)5-6-22)8-19-9-16(23)13-4-3-12(17)7-15(13)18/h3-4,7,16,19,22-23H,5-6,8-9H2,1-2H3. The molecule has 0 aliphatic rings. The van der Waals surface area contributed by atoms with Gasteiger partial charge >= 0.3 is 0 Å². The fourth-order valence-corrected chi connectivity index (χ4v) is 2.52. The molecule has 0 aliphatic heterocycles. The van der Waals surface area contributed by atoms with Crippen molar-refractivity contribution in [3.8, 4) is 0 Å². The van der Waals surface area contributed by atoms with Crippen LogP contribution in [0.5, 0.6) is 0 Å². The van der Waals surface area contributed by atoms with E-state index >= 15 is 0 Å². The molecule has 0 radical (unpaired) electrons. The molecule has 2 aromatic rings.